The summed E-state index contributed by atoms with van der Waals surface area (Å²) >= 11 is 0. The SMILES string of the molecule is C[C@@H](Nc1cnccn1)c1ccc(/C(N)=N/O)cc1. The molecule has 98 valence electrons. The van der Waals surface area contributed by atoms with Gasteiger partial charge in [0.15, 0.2) is 5.84 Å². The van der Waals surface area contributed by atoms with Crippen LogP contribution in [-0.2, 0) is 0 Å². The first kappa shape index (κ1) is 12.8. The van der Waals surface area contributed by atoms with E-state index in [2.05, 4.69) is 20.4 Å². The lowest BCUT2D eigenvalue weighted by atomic mass is 10.1. The zero-order valence-electron chi connectivity index (χ0n) is 10.5. The number of nitrogens with one attached hydrogen (secondary N) is 1. The first-order valence-corrected chi connectivity index (χ1v) is 5.81. The van der Waals surface area contributed by atoms with Gasteiger partial charge in [0.05, 0.1) is 6.20 Å². The third-order valence-corrected chi connectivity index (χ3v) is 2.74. The van der Waals surface area contributed by atoms with Gasteiger partial charge < -0.3 is 16.3 Å². The van der Waals surface area contributed by atoms with Crippen LogP contribution in [0.15, 0.2) is 48.0 Å². The van der Waals surface area contributed by atoms with Crippen LogP contribution < -0.4 is 11.1 Å². The predicted octanol–water partition coefficient (Wildman–Crippen LogP) is 1.74. The maximum atomic E-state index is 8.60. The smallest absolute Gasteiger partial charge is 0.170 e. The number of amidine groups is 1. The van der Waals surface area contributed by atoms with E-state index in [0.717, 1.165) is 11.4 Å². The van der Waals surface area contributed by atoms with E-state index in [-0.39, 0.29) is 11.9 Å². The molecule has 1 heterocycles. The van der Waals surface area contributed by atoms with Crippen molar-refractivity contribution in [3.05, 3.63) is 54.0 Å². The van der Waals surface area contributed by atoms with E-state index in [0.29, 0.717) is 5.56 Å². The van der Waals surface area contributed by atoms with Gasteiger partial charge in [-0.1, -0.05) is 29.4 Å². The molecular formula is C13H15N5O. The Labute approximate surface area is 111 Å². The Bertz CT molecular complexity index is 553. The van der Waals surface area contributed by atoms with Crippen LogP contribution in [0, 0.1) is 0 Å². The van der Waals surface area contributed by atoms with E-state index < -0.39 is 0 Å². The molecule has 0 saturated heterocycles. The van der Waals surface area contributed by atoms with Gasteiger partial charge in [0.1, 0.15) is 5.82 Å². The number of aromatic nitrogens is 2. The Balaban J connectivity index is 2.10. The van der Waals surface area contributed by atoms with Crippen molar-refractivity contribution in [3.8, 4) is 0 Å². The lowest BCUT2D eigenvalue weighted by molar-refractivity contribution is 0.318. The molecule has 0 fully saturated rings. The molecule has 6 heteroatoms. The summed E-state index contributed by atoms with van der Waals surface area (Å²) < 4.78 is 0. The highest BCUT2D eigenvalue weighted by Crippen LogP contribution is 2.17. The van der Waals surface area contributed by atoms with Gasteiger partial charge in [-0.05, 0) is 12.5 Å². The largest absolute Gasteiger partial charge is 0.409 e. The number of hydrogen-bond donors (Lipinski definition) is 3. The predicted molar refractivity (Wildman–Crippen MR) is 73.0 cm³/mol. The number of anilines is 1. The maximum Gasteiger partial charge on any atom is 0.170 e. The van der Waals surface area contributed by atoms with Crippen molar-refractivity contribution in [1.29, 1.82) is 0 Å². The molecule has 1 aromatic carbocycles. The quantitative estimate of drug-likeness (QED) is 0.335. The van der Waals surface area contributed by atoms with Crippen LogP contribution in [0.2, 0.25) is 0 Å². The molecular weight excluding hydrogens is 242 g/mol. The number of oxime groups is 1. The molecule has 0 aliphatic heterocycles. The molecule has 0 radical (unpaired) electrons. The van der Waals surface area contributed by atoms with Crippen LogP contribution in [0.1, 0.15) is 24.1 Å². The summed E-state index contributed by atoms with van der Waals surface area (Å²) in [6.45, 7) is 2.02. The van der Waals surface area contributed by atoms with Gasteiger partial charge >= 0.3 is 0 Å². The topological polar surface area (TPSA) is 96.4 Å². The van der Waals surface area contributed by atoms with Crippen LogP contribution in [-0.4, -0.2) is 21.0 Å². The highest BCUT2D eigenvalue weighted by molar-refractivity contribution is 5.96. The Morgan fingerprint density at radius 2 is 2.05 bits per heavy atom. The van der Waals surface area contributed by atoms with Crippen LogP contribution in [0.4, 0.5) is 5.82 Å². The summed E-state index contributed by atoms with van der Waals surface area (Å²) in [5.74, 6) is 0.816. The van der Waals surface area contributed by atoms with E-state index in [1.807, 2.05) is 19.1 Å². The minimum atomic E-state index is 0.0815. The third kappa shape index (κ3) is 3.19. The van der Waals surface area contributed by atoms with Crippen LogP contribution in [0.3, 0.4) is 0 Å². The number of nitrogens with two attached hydrogens (primary N) is 1. The van der Waals surface area contributed by atoms with Crippen molar-refractivity contribution in [3.63, 3.8) is 0 Å². The summed E-state index contributed by atoms with van der Waals surface area (Å²) in [4.78, 5) is 8.15. The third-order valence-electron chi connectivity index (χ3n) is 2.74. The number of nitrogens with zero attached hydrogens (tertiary/aromatic N) is 3. The van der Waals surface area contributed by atoms with Gasteiger partial charge in [-0.2, -0.15) is 0 Å². The van der Waals surface area contributed by atoms with Gasteiger partial charge in [0.2, 0.25) is 0 Å². The van der Waals surface area contributed by atoms with Gasteiger partial charge in [-0.25, -0.2) is 4.98 Å². The molecule has 1 aromatic heterocycles. The van der Waals surface area contributed by atoms with Crippen LogP contribution in [0.25, 0.3) is 0 Å². The van der Waals surface area contributed by atoms with Gasteiger partial charge in [0.25, 0.3) is 0 Å². The molecule has 0 saturated carbocycles. The average Bonchev–Trinajstić information content (AvgIpc) is 2.47. The monoisotopic (exact) mass is 257 g/mol. The molecule has 0 bridgehead atoms. The first-order valence-electron chi connectivity index (χ1n) is 5.81. The Morgan fingerprint density at radius 1 is 1.32 bits per heavy atom. The summed E-state index contributed by atoms with van der Waals surface area (Å²) in [5, 5.41) is 14.8. The first-order chi connectivity index (χ1) is 9.20. The van der Waals surface area contributed by atoms with Gasteiger partial charge in [-0.15, -0.1) is 0 Å². The Hall–Kier alpha value is -2.63. The highest BCUT2D eigenvalue weighted by atomic mass is 16.4. The molecule has 6 nitrogen and oxygen atoms in total. The molecule has 0 unspecified atom stereocenters. The van der Waals surface area contributed by atoms with Crippen molar-refractivity contribution in [2.45, 2.75) is 13.0 Å². The number of benzene rings is 1. The van der Waals surface area contributed by atoms with E-state index in [1.165, 1.54) is 0 Å². The summed E-state index contributed by atoms with van der Waals surface area (Å²) in [7, 11) is 0. The molecule has 0 aliphatic rings. The Morgan fingerprint density at radius 3 is 2.63 bits per heavy atom. The second-order valence-electron chi connectivity index (χ2n) is 4.06. The zero-order valence-corrected chi connectivity index (χ0v) is 10.5. The van der Waals surface area contributed by atoms with Crippen LogP contribution in [0.5, 0.6) is 0 Å². The highest BCUT2D eigenvalue weighted by Gasteiger charge is 2.07. The number of hydrogen-bond acceptors (Lipinski definition) is 5. The van der Waals surface area contributed by atoms with Gasteiger partial charge in [-0.3, -0.25) is 4.98 Å². The Kier molecular flexibility index (Phi) is 3.92. The normalized spacial score (nSPS) is 13.0. The number of rotatable bonds is 4. The van der Waals surface area contributed by atoms with Crippen molar-refractivity contribution in [2.75, 3.05) is 5.32 Å². The lowest BCUT2D eigenvalue weighted by Crippen LogP contribution is -2.13. The molecule has 1 atom stereocenters. The second kappa shape index (κ2) is 5.81. The van der Waals surface area contributed by atoms with Gasteiger partial charge in [0, 0.05) is 24.0 Å². The van der Waals surface area contributed by atoms with E-state index >= 15 is 0 Å². The van der Waals surface area contributed by atoms with Crippen LogP contribution >= 0.6 is 0 Å². The molecule has 2 rings (SSSR count). The van der Waals surface area contributed by atoms with Crippen molar-refractivity contribution < 1.29 is 5.21 Å². The fraction of sp³-hybridized carbons (Fsp3) is 0.154. The molecule has 19 heavy (non-hydrogen) atoms. The average molecular weight is 257 g/mol. The maximum absolute atomic E-state index is 8.60. The fourth-order valence-electron chi connectivity index (χ4n) is 1.68. The van der Waals surface area contributed by atoms with Crippen molar-refractivity contribution >= 4 is 11.7 Å². The van der Waals surface area contributed by atoms with E-state index in [1.54, 1.807) is 30.7 Å². The standard InChI is InChI=1S/C13H15N5O/c1-9(17-12-8-15-6-7-16-12)10-2-4-11(5-3-10)13(14)18-19/h2-9,19H,1H3,(H2,14,18)(H,16,17)/t9-/m1/s1. The van der Waals surface area contributed by atoms with Crippen molar-refractivity contribution in [1.82, 2.24) is 9.97 Å². The second-order valence-corrected chi connectivity index (χ2v) is 4.06. The minimum Gasteiger partial charge on any atom is -0.409 e. The molecule has 2 aromatic rings. The molecule has 0 spiro atoms. The summed E-state index contributed by atoms with van der Waals surface area (Å²) in [6.07, 6.45) is 4.93. The fourth-order valence-corrected chi connectivity index (χ4v) is 1.68. The summed E-state index contributed by atoms with van der Waals surface area (Å²) in [6, 6.07) is 7.53. The lowest BCUT2D eigenvalue weighted by Gasteiger charge is -2.14. The van der Waals surface area contributed by atoms with E-state index in [9.17, 15) is 0 Å². The molecule has 0 aliphatic carbocycles. The summed E-state index contributed by atoms with van der Waals surface area (Å²) in [5.41, 5.74) is 7.26. The molecule has 0 amide bonds. The molecule has 4 N–H and O–H groups in total. The zero-order chi connectivity index (χ0) is 13.7. The minimum absolute atomic E-state index is 0.0815. The van der Waals surface area contributed by atoms with E-state index in [4.69, 9.17) is 10.9 Å². The van der Waals surface area contributed by atoms with Crippen molar-refractivity contribution in [2.24, 2.45) is 10.9 Å².